The van der Waals surface area contributed by atoms with Gasteiger partial charge in [0.2, 0.25) is 0 Å². The third-order valence-electron chi connectivity index (χ3n) is 2.93. The minimum Gasteiger partial charge on any atom is -0.370 e. The molecular formula is C12H25N3. The Kier molecular flexibility index (Phi) is 4.00. The van der Waals surface area contributed by atoms with E-state index < -0.39 is 0 Å². The Morgan fingerprint density at radius 1 is 1.33 bits per heavy atom. The largest absolute Gasteiger partial charge is 0.370 e. The molecular weight excluding hydrogens is 186 g/mol. The predicted octanol–water partition coefficient (Wildman–Crippen LogP) is 2.27. The third-order valence-corrected chi connectivity index (χ3v) is 2.93. The van der Waals surface area contributed by atoms with Gasteiger partial charge in [0.05, 0.1) is 6.04 Å². The van der Waals surface area contributed by atoms with Gasteiger partial charge in [0.15, 0.2) is 5.96 Å². The fourth-order valence-electron chi connectivity index (χ4n) is 2.18. The van der Waals surface area contributed by atoms with E-state index in [0.29, 0.717) is 12.0 Å². The van der Waals surface area contributed by atoms with Gasteiger partial charge in [-0.2, -0.15) is 0 Å². The van der Waals surface area contributed by atoms with Crippen molar-refractivity contribution in [3.05, 3.63) is 0 Å². The quantitative estimate of drug-likeness (QED) is 0.544. The van der Waals surface area contributed by atoms with E-state index in [1.165, 1.54) is 25.7 Å². The summed E-state index contributed by atoms with van der Waals surface area (Å²) in [6, 6.07) is 0.363. The number of hydrogen-bond donors (Lipinski definition) is 2. The maximum atomic E-state index is 5.87. The molecule has 15 heavy (non-hydrogen) atoms. The van der Waals surface area contributed by atoms with Gasteiger partial charge in [-0.3, -0.25) is 4.99 Å². The number of hydrogen-bond acceptors (Lipinski definition) is 1. The minimum absolute atomic E-state index is 0.00296. The van der Waals surface area contributed by atoms with Crippen LogP contribution in [0.4, 0.5) is 0 Å². The van der Waals surface area contributed by atoms with Crippen LogP contribution in [0.2, 0.25) is 0 Å². The van der Waals surface area contributed by atoms with Crippen molar-refractivity contribution in [1.82, 2.24) is 5.32 Å². The lowest BCUT2D eigenvalue weighted by atomic mass is 10.0. The van der Waals surface area contributed by atoms with Crippen molar-refractivity contribution in [3.8, 4) is 0 Å². The van der Waals surface area contributed by atoms with Crippen LogP contribution in [0.1, 0.15) is 53.4 Å². The van der Waals surface area contributed by atoms with Crippen LogP contribution >= 0.6 is 0 Å². The van der Waals surface area contributed by atoms with Gasteiger partial charge in [0, 0.05) is 5.54 Å². The van der Waals surface area contributed by atoms with E-state index in [-0.39, 0.29) is 5.54 Å². The molecule has 0 aromatic carbocycles. The highest BCUT2D eigenvalue weighted by atomic mass is 15.1. The van der Waals surface area contributed by atoms with Crippen LogP contribution in [0, 0.1) is 5.92 Å². The molecule has 0 heterocycles. The summed E-state index contributed by atoms with van der Waals surface area (Å²) in [7, 11) is 0. The Hall–Kier alpha value is -0.730. The van der Waals surface area contributed by atoms with Gasteiger partial charge >= 0.3 is 0 Å². The molecule has 1 aliphatic rings. The molecule has 1 aliphatic carbocycles. The first-order valence-electron chi connectivity index (χ1n) is 6.00. The van der Waals surface area contributed by atoms with E-state index >= 15 is 0 Å². The SMILES string of the molecule is CC(N=C(N)NC(C)(C)C)C1CCCC1. The highest BCUT2D eigenvalue weighted by molar-refractivity contribution is 5.78. The van der Waals surface area contributed by atoms with Gasteiger partial charge in [0.25, 0.3) is 0 Å². The third kappa shape index (κ3) is 4.54. The number of aliphatic imine (C=N–C) groups is 1. The van der Waals surface area contributed by atoms with E-state index in [1.807, 2.05) is 0 Å². The van der Waals surface area contributed by atoms with Crippen LogP contribution in [0.15, 0.2) is 4.99 Å². The number of nitrogens with two attached hydrogens (primary N) is 1. The summed E-state index contributed by atoms with van der Waals surface area (Å²) in [6.45, 7) is 8.45. The Labute approximate surface area is 93.5 Å². The first-order chi connectivity index (χ1) is 6.88. The fourth-order valence-corrected chi connectivity index (χ4v) is 2.18. The van der Waals surface area contributed by atoms with Crippen molar-refractivity contribution in [1.29, 1.82) is 0 Å². The van der Waals surface area contributed by atoms with Crippen LogP contribution in [-0.2, 0) is 0 Å². The molecule has 0 amide bonds. The lowest BCUT2D eigenvalue weighted by Gasteiger charge is -2.23. The lowest BCUT2D eigenvalue weighted by Crippen LogP contribution is -2.45. The zero-order valence-corrected chi connectivity index (χ0v) is 10.5. The van der Waals surface area contributed by atoms with E-state index in [9.17, 15) is 0 Å². The number of guanidine groups is 1. The van der Waals surface area contributed by atoms with Crippen LogP contribution in [0.3, 0.4) is 0 Å². The second-order valence-electron chi connectivity index (χ2n) is 5.67. The van der Waals surface area contributed by atoms with Crippen LogP contribution in [-0.4, -0.2) is 17.5 Å². The normalized spacial score (nSPS) is 21.7. The molecule has 1 unspecified atom stereocenters. The molecule has 0 bridgehead atoms. The van der Waals surface area contributed by atoms with E-state index in [0.717, 1.165) is 5.92 Å². The zero-order valence-electron chi connectivity index (χ0n) is 10.5. The molecule has 0 spiro atoms. The molecule has 0 saturated heterocycles. The van der Waals surface area contributed by atoms with Gasteiger partial charge in [-0.1, -0.05) is 12.8 Å². The summed E-state index contributed by atoms with van der Waals surface area (Å²) in [4.78, 5) is 4.53. The van der Waals surface area contributed by atoms with Crippen molar-refractivity contribution in [2.24, 2.45) is 16.6 Å². The molecule has 1 rings (SSSR count). The maximum Gasteiger partial charge on any atom is 0.189 e. The molecule has 0 aliphatic heterocycles. The average molecular weight is 211 g/mol. The van der Waals surface area contributed by atoms with Crippen LogP contribution in [0.5, 0.6) is 0 Å². The number of rotatable bonds is 2. The standard InChI is InChI=1S/C12H25N3/c1-9(10-7-5-6-8-10)14-11(13)15-12(2,3)4/h9-10H,5-8H2,1-4H3,(H3,13,14,15). The Balaban J connectivity index is 2.46. The second-order valence-corrected chi connectivity index (χ2v) is 5.67. The van der Waals surface area contributed by atoms with Gasteiger partial charge in [0.1, 0.15) is 0 Å². The molecule has 0 aromatic rings. The molecule has 0 radical (unpaired) electrons. The molecule has 1 atom stereocenters. The van der Waals surface area contributed by atoms with Crippen molar-refractivity contribution >= 4 is 5.96 Å². The molecule has 3 heteroatoms. The van der Waals surface area contributed by atoms with Gasteiger partial charge < -0.3 is 11.1 Å². The van der Waals surface area contributed by atoms with Crippen molar-refractivity contribution in [2.75, 3.05) is 0 Å². The molecule has 3 nitrogen and oxygen atoms in total. The van der Waals surface area contributed by atoms with Crippen molar-refractivity contribution in [3.63, 3.8) is 0 Å². The topological polar surface area (TPSA) is 50.4 Å². The Bertz CT molecular complexity index is 222. The molecule has 1 saturated carbocycles. The zero-order chi connectivity index (χ0) is 11.5. The average Bonchev–Trinajstić information content (AvgIpc) is 2.50. The molecule has 1 fully saturated rings. The van der Waals surface area contributed by atoms with Crippen LogP contribution in [0.25, 0.3) is 0 Å². The molecule has 88 valence electrons. The fraction of sp³-hybridized carbons (Fsp3) is 0.917. The van der Waals surface area contributed by atoms with Crippen molar-refractivity contribution in [2.45, 2.75) is 65.0 Å². The highest BCUT2D eigenvalue weighted by Gasteiger charge is 2.21. The summed E-state index contributed by atoms with van der Waals surface area (Å²) in [5, 5.41) is 3.20. The Morgan fingerprint density at radius 3 is 2.33 bits per heavy atom. The molecule has 0 aromatic heterocycles. The highest BCUT2D eigenvalue weighted by Crippen LogP contribution is 2.28. The summed E-state index contributed by atoms with van der Waals surface area (Å²) < 4.78 is 0. The lowest BCUT2D eigenvalue weighted by molar-refractivity contribution is 0.452. The summed E-state index contributed by atoms with van der Waals surface area (Å²) >= 11 is 0. The minimum atomic E-state index is 0.00296. The molecule has 3 N–H and O–H groups in total. The summed E-state index contributed by atoms with van der Waals surface area (Å²) in [5.41, 5.74) is 5.87. The van der Waals surface area contributed by atoms with E-state index in [4.69, 9.17) is 5.73 Å². The van der Waals surface area contributed by atoms with Crippen molar-refractivity contribution < 1.29 is 0 Å². The number of nitrogens with zero attached hydrogens (tertiary/aromatic N) is 1. The van der Waals surface area contributed by atoms with Gasteiger partial charge in [-0.15, -0.1) is 0 Å². The van der Waals surface area contributed by atoms with Crippen LogP contribution < -0.4 is 11.1 Å². The maximum absolute atomic E-state index is 5.87. The first-order valence-corrected chi connectivity index (χ1v) is 6.00. The van der Waals surface area contributed by atoms with Gasteiger partial charge in [-0.05, 0) is 46.5 Å². The predicted molar refractivity (Wildman–Crippen MR) is 65.9 cm³/mol. The summed E-state index contributed by atoms with van der Waals surface area (Å²) in [6.07, 6.45) is 5.34. The van der Waals surface area contributed by atoms with Gasteiger partial charge in [-0.25, -0.2) is 0 Å². The van der Waals surface area contributed by atoms with E-state index in [1.54, 1.807) is 0 Å². The Morgan fingerprint density at radius 2 is 1.87 bits per heavy atom. The first kappa shape index (κ1) is 12.3. The smallest absolute Gasteiger partial charge is 0.189 e. The number of nitrogens with one attached hydrogen (secondary N) is 1. The summed E-state index contributed by atoms with van der Waals surface area (Å²) in [5.74, 6) is 1.33. The van der Waals surface area contributed by atoms with E-state index in [2.05, 4.69) is 38.0 Å². The second kappa shape index (κ2) is 4.86. The monoisotopic (exact) mass is 211 g/mol.